The van der Waals surface area contributed by atoms with Crippen molar-refractivity contribution in [3.8, 4) is 0 Å². The Morgan fingerprint density at radius 3 is 0.967 bits per heavy atom. The highest BCUT2D eigenvalue weighted by atomic mass is 19.4. The molecule has 30 heavy (non-hydrogen) atoms. The van der Waals surface area contributed by atoms with E-state index in [1.807, 2.05) is 0 Å². The summed E-state index contributed by atoms with van der Waals surface area (Å²) in [5.41, 5.74) is 0. The molecule has 0 radical (unpaired) electrons. The van der Waals surface area contributed by atoms with E-state index in [0.29, 0.717) is 0 Å². The van der Waals surface area contributed by atoms with Crippen molar-refractivity contribution < 1.29 is 90.4 Å². The summed E-state index contributed by atoms with van der Waals surface area (Å²) in [6, 6.07) is 0. The van der Waals surface area contributed by atoms with Crippen LogP contribution in [0.3, 0.4) is 0 Å². The van der Waals surface area contributed by atoms with Gasteiger partial charge in [0.15, 0.2) is 0 Å². The van der Waals surface area contributed by atoms with E-state index in [-0.39, 0.29) is 0 Å². The van der Waals surface area contributed by atoms with Gasteiger partial charge in [-0.25, -0.2) is 4.79 Å². The van der Waals surface area contributed by atoms with Gasteiger partial charge in [-0.2, -0.15) is 70.2 Å². The van der Waals surface area contributed by atoms with Gasteiger partial charge in [-0.1, -0.05) is 0 Å². The van der Waals surface area contributed by atoms with Gasteiger partial charge in [-0.3, -0.25) is 0 Å². The maximum absolute atomic E-state index is 13.2. The molecular weight excluding hydrogens is 488 g/mol. The maximum atomic E-state index is 13.2. The summed E-state index contributed by atoms with van der Waals surface area (Å²) in [5, 5.41) is 23.3. The molecule has 0 amide bonds. The minimum atomic E-state index is -8.77. The Hall–Kier alpha value is -1.73. The van der Waals surface area contributed by atoms with Gasteiger partial charge < -0.3 is 15.3 Å². The molecule has 20 heteroatoms. The Bertz CT molecular complexity index is 669. The molecule has 0 aromatic rings. The number of carboxylic acids is 1. The van der Waals surface area contributed by atoms with E-state index >= 15 is 0 Å². The largest absolute Gasteiger partial charge is 0.477 e. The van der Waals surface area contributed by atoms with Gasteiger partial charge in [0.05, 0.1) is 0 Å². The standard InChI is InChI=1S/C10H4F16O4/c11-3(12,1(27)28)5(15,16)7(19,20)9(23,24)10(25,26)8(21,22)6(17,18)4(13,14)2(29)30/h1,27-28H,(H,29,30). The zero-order valence-corrected chi connectivity index (χ0v) is 12.9. The summed E-state index contributed by atoms with van der Waals surface area (Å²) in [6.07, 6.45) is -5.04. The molecule has 0 bridgehead atoms. The number of rotatable bonds is 9. The minimum absolute atomic E-state index is 4.39. The molecule has 0 aliphatic rings. The molecule has 0 spiro atoms. The first kappa shape index (κ1) is 28.3. The van der Waals surface area contributed by atoms with Crippen LogP contribution in [0.25, 0.3) is 0 Å². The Labute approximate surface area is 151 Å². The summed E-state index contributed by atoms with van der Waals surface area (Å²) in [6.45, 7) is 0. The van der Waals surface area contributed by atoms with Crippen LogP contribution in [0, 0.1) is 0 Å². The third-order valence-corrected chi connectivity index (χ3v) is 3.38. The van der Waals surface area contributed by atoms with E-state index in [1.54, 1.807) is 0 Å². The number of aliphatic hydroxyl groups excluding tert-OH is 1. The quantitative estimate of drug-likeness (QED) is 0.341. The van der Waals surface area contributed by atoms with Crippen LogP contribution in [0.15, 0.2) is 0 Å². The second-order valence-corrected chi connectivity index (χ2v) is 5.32. The van der Waals surface area contributed by atoms with Gasteiger partial charge in [-0.15, -0.1) is 0 Å². The third-order valence-electron chi connectivity index (χ3n) is 3.38. The zero-order chi connectivity index (χ0) is 25.2. The van der Waals surface area contributed by atoms with Crippen molar-refractivity contribution in [3.63, 3.8) is 0 Å². The summed E-state index contributed by atoms with van der Waals surface area (Å²) >= 11 is 0. The molecule has 4 nitrogen and oxygen atoms in total. The molecule has 0 aromatic carbocycles. The fraction of sp³-hybridized carbons (Fsp3) is 0.900. The number of carboxylic acid groups (broad SMARTS) is 1. The van der Waals surface area contributed by atoms with Crippen LogP contribution in [-0.4, -0.2) is 75.0 Å². The SMILES string of the molecule is O=C(O)C(F)(F)C(F)(F)C(F)(F)C(F)(F)C(F)(F)C(F)(F)C(F)(F)C(F)(F)C(O)O. The highest BCUT2D eigenvalue weighted by Crippen LogP contribution is 2.63. The molecule has 180 valence electrons. The molecule has 0 saturated carbocycles. The van der Waals surface area contributed by atoms with E-state index < -0.39 is 59.6 Å². The fourth-order valence-corrected chi connectivity index (χ4v) is 1.49. The van der Waals surface area contributed by atoms with Crippen LogP contribution in [0.4, 0.5) is 70.2 Å². The van der Waals surface area contributed by atoms with E-state index in [1.165, 1.54) is 0 Å². The monoisotopic (exact) mass is 492 g/mol. The van der Waals surface area contributed by atoms with Gasteiger partial charge in [0.25, 0.3) is 0 Å². The lowest BCUT2D eigenvalue weighted by molar-refractivity contribution is -0.458. The summed E-state index contributed by atoms with van der Waals surface area (Å²) in [5.74, 6) is -70.0. The number of carbonyl (C=O) groups is 1. The molecule has 0 fully saturated rings. The number of halogens is 16. The number of alkyl halides is 16. The average Bonchev–Trinajstić information content (AvgIpc) is 2.52. The summed E-state index contributed by atoms with van der Waals surface area (Å²) in [4.78, 5) is 9.83. The van der Waals surface area contributed by atoms with Gasteiger partial charge in [0.1, 0.15) is 0 Å². The molecule has 0 aliphatic heterocycles. The number of aliphatic carboxylic acids is 1. The Balaban J connectivity index is 6.86. The Morgan fingerprint density at radius 2 is 0.733 bits per heavy atom. The van der Waals surface area contributed by atoms with E-state index in [9.17, 15) is 75.0 Å². The molecular formula is C10H4F16O4. The highest BCUT2D eigenvalue weighted by Gasteiger charge is 2.95. The first-order valence-electron chi connectivity index (χ1n) is 6.26. The number of hydrogen-bond donors (Lipinski definition) is 3. The fourth-order valence-electron chi connectivity index (χ4n) is 1.49. The van der Waals surface area contributed by atoms with E-state index in [2.05, 4.69) is 0 Å². The van der Waals surface area contributed by atoms with Crippen molar-refractivity contribution in [1.29, 1.82) is 0 Å². The lowest BCUT2D eigenvalue weighted by atomic mass is 9.87. The molecule has 3 N–H and O–H groups in total. The van der Waals surface area contributed by atoms with Crippen LogP contribution >= 0.6 is 0 Å². The molecule has 0 heterocycles. The third kappa shape index (κ3) is 3.12. The number of aliphatic hydroxyl groups is 2. The van der Waals surface area contributed by atoms with Crippen molar-refractivity contribution in [1.82, 2.24) is 0 Å². The van der Waals surface area contributed by atoms with Crippen molar-refractivity contribution in [2.24, 2.45) is 0 Å². The molecule has 0 saturated heterocycles. The van der Waals surface area contributed by atoms with E-state index in [0.717, 1.165) is 0 Å². The van der Waals surface area contributed by atoms with Crippen LogP contribution < -0.4 is 0 Å². The normalized spacial score (nSPS) is 16.2. The van der Waals surface area contributed by atoms with Crippen molar-refractivity contribution in [2.45, 2.75) is 53.7 Å². The maximum Gasteiger partial charge on any atom is 0.410 e. The van der Waals surface area contributed by atoms with Crippen LogP contribution in [0.5, 0.6) is 0 Å². The van der Waals surface area contributed by atoms with E-state index in [4.69, 9.17) is 15.3 Å². The molecule has 0 unspecified atom stereocenters. The topological polar surface area (TPSA) is 77.8 Å². The lowest BCUT2D eigenvalue weighted by Gasteiger charge is -2.43. The summed E-state index contributed by atoms with van der Waals surface area (Å²) in [7, 11) is 0. The smallest absolute Gasteiger partial charge is 0.410 e. The highest BCUT2D eigenvalue weighted by molar-refractivity contribution is 5.77. The first-order valence-corrected chi connectivity index (χ1v) is 6.26. The molecule has 0 aromatic heterocycles. The molecule has 0 atom stereocenters. The predicted octanol–water partition coefficient (Wildman–Crippen LogP) is 3.46. The van der Waals surface area contributed by atoms with Gasteiger partial charge in [-0.05, 0) is 0 Å². The van der Waals surface area contributed by atoms with Crippen molar-refractivity contribution in [2.75, 3.05) is 0 Å². The predicted molar refractivity (Wildman–Crippen MR) is 55.4 cm³/mol. The minimum Gasteiger partial charge on any atom is -0.477 e. The van der Waals surface area contributed by atoms with Crippen LogP contribution in [0.2, 0.25) is 0 Å². The summed E-state index contributed by atoms with van der Waals surface area (Å²) < 4.78 is 208. The average molecular weight is 492 g/mol. The van der Waals surface area contributed by atoms with Crippen LogP contribution in [-0.2, 0) is 4.79 Å². The van der Waals surface area contributed by atoms with Gasteiger partial charge in [0, 0.05) is 0 Å². The zero-order valence-electron chi connectivity index (χ0n) is 12.9. The molecule has 0 rings (SSSR count). The second-order valence-electron chi connectivity index (χ2n) is 5.32. The first-order chi connectivity index (χ1) is 12.6. The molecule has 0 aliphatic carbocycles. The Kier molecular flexibility index (Phi) is 6.49. The van der Waals surface area contributed by atoms with Gasteiger partial charge in [0.2, 0.25) is 6.29 Å². The van der Waals surface area contributed by atoms with Crippen molar-refractivity contribution in [3.05, 3.63) is 0 Å². The van der Waals surface area contributed by atoms with Crippen molar-refractivity contribution >= 4 is 5.97 Å². The van der Waals surface area contributed by atoms with Crippen LogP contribution in [0.1, 0.15) is 0 Å². The van der Waals surface area contributed by atoms with Gasteiger partial charge >= 0.3 is 53.3 Å². The second kappa shape index (κ2) is 6.89. The lowest BCUT2D eigenvalue weighted by Crippen LogP contribution is -2.76. The number of hydrogen-bond acceptors (Lipinski definition) is 3. The Morgan fingerprint density at radius 1 is 0.500 bits per heavy atom.